The van der Waals surface area contributed by atoms with Gasteiger partial charge in [-0.05, 0) is 23.3 Å². The maximum absolute atomic E-state index is 10.8. The van der Waals surface area contributed by atoms with Crippen molar-refractivity contribution in [3.8, 4) is 0 Å². The summed E-state index contributed by atoms with van der Waals surface area (Å²) in [4.78, 5) is 10.4. The summed E-state index contributed by atoms with van der Waals surface area (Å²) in [5.41, 5.74) is 2.22. The van der Waals surface area contributed by atoms with Gasteiger partial charge < -0.3 is 0 Å². The van der Waals surface area contributed by atoms with Gasteiger partial charge in [-0.25, -0.2) is 0 Å². The summed E-state index contributed by atoms with van der Waals surface area (Å²) in [5, 5.41) is 10.8. The van der Waals surface area contributed by atoms with Crippen LogP contribution in [0.2, 0.25) is 0 Å². The Labute approximate surface area is 114 Å². The molecule has 2 rings (SSSR count). The molecule has 0 aliphatic carbocycles. The molecule has 3 nitrogen and oxygen atoms in total. The van der Waals surface area contributed by atoms with E-state index < -0.39 is 0 Å². The normalized spacial score (nSPS) is 12.1. The third-order valence-corrected chi connectivity index (χ3v) is 3.48. The van der Waals surface area contributed by atoms with Crippen molar-refractivity contribution in [1.82, 2.24) is 0 Å². The Morgan fingerprint density at radius 1 is 1.11 bits per heavy atom. The van der Waals surface area contributed by atoms with Gasteiger partial charge in [0.05, 0.1) is 4.92 Å². The Hall–Kier alpha value is -1.68. The zero-order chi connectivity index (χ0) is 13.1. The summed E-state index contributed by atoms with van der Waals surface area (Å²) < 4.78 is 1.03. The Morgan fingerprint density at radius 2 is 1.78 bits per heavy atom. The first-order valence-electron chi connectivity index (χ1n) is 5.58. The third kappa shape index (κ3) is 2.76. The average molecular weight is 306 g/mol. The summed E-state index contributed by atoms with van der Waals surface area (Å²) >= 11 is 3.39. The number of halogens is 1. The molecule has 0 unspecified atom stereocenters. The number of hydrogen-bond donors (Lipinski definition) is 0. The van der Waals surface area contributed by atoms with Crippen molar-refractivity contribution in [3.63, 3.8) is 0 Å². The molecule has 0 aromatic heterocycles. The van der Waals surface area contributed by atoms with Crippen LogP contribution in [0.5, 0.6) is 0 Å². The second-order valence-corrected chi connectivity index (χ2v) is 5.04. The van der Waals surface area contributed by atoms with E-state index >= 15 is 0 Å². The molecule has 2 aromatic rings. The molecule has 0 spiro atoms. The number of rotatable bonds is 3. The molecule has 0 N–H and O–H groups in total. The first kappa shape index (κ1) is 12.8. The number of nitro groups is 1. The van der Waals surface area contributed by atoms with E-state index in [1.165, 1.54) is 6.07 Å². The molecule has 92 valence electrons. The lowest BCUT2D eigenvalue weighted by Gasteiger charge is -2.12. The van der Waals surface area contributed by atoms with Crippen LogP contribution in [0, 0.1) is 10.1 Å². The van der Waals surface area contributed by atoms with Crippen molar-refractivity contribution in [2.24, 2.45) is 0 Å². The molecule has 0 radical (unpaired) electrons. The van der Waals surface area contributed by atoms with Crippen LogP contribution in [-0.2, 0) is 0 Å². The van der Waals surface area contributed by atoms with E-state index in [-0.39, 0.29) is 16.5 Å². The third-order valence-electron chi connectivity index (χ3n) is 2.95. The highest BCUT2D eigenvalue weighted by Crippen LogP contribution is 2.27. The lowest BCUT2D eigenvalue weighted by Crippen LogP contribution is -1.97. The minimum atomic E-state index is -0.363. The molecule has 0 bridgehead atoms. The van der Waals surface area contributed by atoms with E-state index in [0.717, 1.165) is 15.6 Å². The summed E-state index contributed by atoms with van der Waals surface area (Å²) in [6, 6.07) is 14.8. The van der Waals surface area contributed by atoms with Gasteiger partial charge in [-0.2, -0.15) is 0 Å². The highest BCUT2D eigenvalue weighted by Gasteiger charge is 2.12. The van der Waals surface area contributed by atoms with Crippen LogP contribution in [0.25, 0.3) is 0 Å². The molecule has 18 heavy (non-hydrogen) atoms. The number of hydrogen-bond acceptors (Lipinski definition) is 2. The largest absolute Gasteiger partial charge is 0.269 e. The van der Waals surface area contributed by atoms with E-state index in [4.69, 9.17) is 0 Å². The minimum absolute atomic E-state index is 0.136. The smallest absolute Gasteiger partial charge is 0.258 e. The molecular formula is C14H12BrNO2. The van der Waals surface area contributed by atoms with Crippen molar-refractivity contribution in [3.05, 3.63) is 74.2 Å². The van der Waals surface area contributed by atoms with Crippen molar-refractivity contribution in [1.29, 1.82) is 0 Å². The van der Waals surface area contributed by atoms with Crippen LogP contribution in [-0.4, -0.2) is 4.92 Å². The van der Waals surface area contributed by atoms with Gasteiger partial charge in [0.25, 0.3) is 5.69 Å². The number of non-ortho nitro benzene ring substituents is 1. The average Bonchev–Trinajstić information content (AvgIpc) is 2.39. The van der Waals surface area contributed by atoms with Gasteiger partial charge in [0.15, 0.2) is 0 Å². The zero-order valence-electron chi connectivity index (χ0n) is 9.84. The summed E-state index contributed by atoms with van der Waals surface area (Å²) in [6.07, 6.45) is 0. The monoisotopic (exact) mass is 305 g/mol. The van der Waals surface area contributed by atoms with Crippen LogP contribution in [0.15, 0.2) is 53.0 Å². The molecule has 0 heterocycles. The van der Waals surface area contributed by atoms with E-state index in [1.807, 2.05) is 37.3 Å². The fraction of sp³-hybridized carbons (Fsp3) is 0.143. The molecule has 0 saturated carbocycles. The topological polar surface area (TPSA) is 43.1 Å². The lowest BCUT2D eigenvalue weighted by molar-refractivity contribution is -0.384. The fourth-order valence-electron chi connectivity index (χ4n) is 1.85. The van der Waals surface area contributed by atoms with Gasteiger partial charge in [0, 0.05) is 22.5 Å². The SMILES string of the molecule is C[C@H](c1ccc(Br)cc1)c1cccc([N+](=O)[O-])c1. The van der Waals surface area contributed by atoms with Crippen molar-refractivity contribution < 1.29 is 4.92 Å². The van der Waals surface area contributed by atoms with Gasteiger partial charge in [-0.3, -0.25) is 10.1 Å². The highest BCUT2D eigenvalue weighted by molar-refractivity contribution is 9.10. The van der Waals surface area contributed by atoms with Crippen molar-refractivity contribution in [2.75, 3.05) is 0 Å². The standard InChI is InChI=1S/C14H12BrNO2/c1-10(11-5-7-13(15)8-6-11)12-3-2-4-14(9-12)16(17)18/h2-10H,1H3/t10-/m1/s1. The molecule has 0 aliphatic heterocycles. The predicted octanol–water partition coefficient (Wildman–Crippen LogP) is 4.51. The predicted molar refractivity (Wildman–Crippen MR) is 74.8 cm³/mol. The van der Waals surface area contributed by atoms with Crippen LogP contribution in [0.4, 0.5) is 5.69 Å². The van der Waals surface area contributed by atoms with Gasteiger partial charge in [0.2, 0.25) is 0 Å². The Bertz CT molecular complexity index is 566. The summed E-state index contributed by atoms with van der Waals surface area (Å²) in [7, 11) is 0. The van der Waals surface area contributed by atoms with Crippen molar-refractivity contribution in [2.45, 2.75) is 12.8 Å². The Balaban J connectivity index is 2.33. The zero-order valence-corrected chi connectivity index (χ0v) is 11.4. The van der Waals surface area contributed by atoms with Crippen LogP contribution < -0.4 is 0 Å². The minimum Gasteiger partial charge on any atom is -0.258 e. The lowest BCUT2D eigenvalue weighted by atomic mass is 9.93. The van der Waals surface area contributed by atoms with Gasteiger partial charge >= 0.3 is 0 Å². The van der Waals surface area contributed by atoms with E-state index in [0.29, 0.717) is 0 Å². The molecule has 4 heteroatoms. The number of nitrogens with zero attached hydrogens (tertiary/aromatic N) is 1. The van der Waals surface area contributed by atoms with Crippen LogP contribution in [0.1, 0.15) is 24.0 Å². The second kappa shape index (κ2) is 5.31. The molecule has 0 amide bonds. The first-order valence-corrected chi connectivity index (χ1v) is 6.37. The Morgan fingerprint density at radius 3 is 2.39 bits per heavy atom. The first-order chi connectivity index (χ1) is 8.58. The maximum atomic E-state index is 10.8. The van der Waals surface area contributed by atoms with E-state index in [9.17, 15) is 10.1 Å². The van der Waals surface area contributed by atoms with Crippen LogP contribution in [0.3, 0.4) is 0 Å². The number of nitro benzene ring substituents is 1. The maximum Gasteiger partial charge on any atom is 0.269 e. The summed E-state index contributed by atoms with van der Waals surface area (Å²) in [6.45, 7) is 2.04. The highest BCUT2D eigenvalue weighted by atomic mass is 79.9. The fourth-order valence-corrected chi connectivity index (χ4v) is 2.12. The number of benzene rings is 2. The van der Waals surface area contributed by atoms with Gasteiger partial charge in [0.1, 0.15) is 0 Å². The molecule has 0 aliphatic rings. The van der Waals surface area contributed by atoms with Gasteiger partial charge in [-0.15, -0.1) is 0 Å². The second-order valence-electron chi connectivity index (χ2n) is 4.13. The molecular weight excluding hydrogens is 294 g/mol. The molecule has 2 aromatic carbocycles. The van der Waals surface area contributed by atoms with Crippen molar-refractivity contribution >= 4 is 21.6 Å². The molecule has 1 atom stereocenters. The van der Waals surface area contributed by atoms with E-state index in [1.54, 1.807) is 12.1 Å². The molecule has 0 saturated heterocycles. The Kier molecular flexibility index (Phi) is 3.77. The molecule has 0 fully saturated rings. The quantitative estimate of drug-likeness (QED) is 0.618. The van der Waals surface area contributed by atoms with E-state index in [2.05, 4.69) is 15.9 Å². The van der Waals surface area contributed by atoms with Crippen LogP contribution >= 0.6 is 15.9 Å². The van der Waals surface area contributed by atoms with Gasteiger partial charge in [-0.1, -0.05) is 47.1 Å². The summed E-state index contributed by atoms with van der Waals surface area (Å²) in [5.74, 6) is 0.137.